The highest BCUT2D eigenvalue weighted by molar-refractivity contribution is 5.54. The molecule has 4 nitrogen and oxygen atoms in total. The maximum absolute atomic E-state index is 6.78. The van der Waals surface area contributed by atoms with Crippen LogP contribution >= 0.6 is 0 Å². The molecule has 3 aromatic carbocycles. The lowest BCUT2D eigenvalue weighted by molar-refractivity contribution is -0.168. The van der Waals surface area contributed by atoms with Gasteiger partial charge in [-0.1, -0.05) is 86.2 Å². The average Bonchev–Trinajstić information content (AvgIpc) is 2.93. The molecule has 0 bridgehead atoms. The summed E-state index contributed by atoms with van der Waals surface area (Å²) >= 11 is 0. The van der Waals surface area contributed by atoms with E-state index in [0.717, 1.165) is 42.5 Å². The molecule has 2 aliphatic rings. The van der Waals surface area contributed by atoms with Crippen LogP contribution in [0.2, 0.25) is 0 Å². The molecule has 3 aromatic rings. The summed E-state index contributed by atoms with van der Waals surface area (Å²) in [6.45, 7) is 10.6. The third-order valence-electron chi connectivity index (χ3n) is 8.49. The van der Waals surface area contributed by atoms with Crippen molar-refractivity contribution in [1.82, 2.24) is 0 Å². The van der Waals surface area contributed by atoms with Crippen molar-refractivity contribution < 1.29 is 14.2 Å². The SMILES string of the molecule is Cc1ccc(CNc2ccc3c(c2)C(OCCC2CCCCC2)C(OCc2ccccc2C)C(C)(C)O3)cc1. The molecule has 39 heavy (non-hydrogen) atoms. The van der Waals surface area contributed by atoms with Crippen molar-refractivity contribution in [3.63, 3.8) is 0 Å². The standard InChI is InChI=1S/C35H45NO3/c1-25-14-16-28(17-15-25)23-36-30-18-19-32-31(22-30)33(37-21-20-27-11-6-5-7-12-27)34(35(3,4)39-32)38-24-29-13-9-8-10-26(29)2/h8-10,13-19,22,27,33-34,36H,5-7,11-12,20-21,23-24H2,1-4H3. The summed E-state index contributed by atoms with van der Waals surface area (Å²) in [5, 5.41) is 3.61. The Bertz CT molecular complexity index is 1210. The summed E-state index contributed by atoms with van der Waals surface area (Å²) in [5.41, 5.74) is 6.59. The first-order chi connectivity index (χ1) is 18.9. The first-order valence-corrected chi connectivity index (χ1v) is 14.8. The molecule has 2 unspecified atom stereocenters. The smallest absolute Gasteiger partial charge is 0.132 e. The Labute approximate surface area is 235 Å². The van der Waals surface area contributed by atoms with Gasteiger partial charge in [-0.25, -0.2) is 0 Å². The zero-order valence-corrected chi connectivity index (χ0v) is 24.2. The molecule has 5 rings (SSSR count). The van der Waals surface area contributed by atoms with Crippen LogP contribution in [-0.2, 0) is 22.6 Å². The fourth-order valence-corrected chi connectivity index (χ4v) is 6.01. The normalized spacial score (nSPS) is 20.7. The molecule has 1 fully saturated rings. The number of rotatable bonds is 10. The first kappa shape index (κ1) is 27.7. The molecular weight excluding hydrogens is 482 g/mol. The summed E-state index contributed by atoms with van der Waals surface area (Å²) in [7, 11) is 0. The first-order valence-electron chi connectivity index (χ1n) is 14.8. The molecule has 1 saturated carbocycles. The number of hydrogen-bond donors (Lipinski definition) is 1. The Morgan fingerprint density at radius 1 is 0.897 bits per heavy atom. The van der Waals surface area contributed by atoms with Gasteiger partial charge in [0, 0.05) is 24.4 Å². The molecule has 0 spiro atoms. The van der Waals surface area contributed by atoms with Gasteiger partial charge in [-0.3, -0.25) is 0 Å². The predicted molar refractivity (Wildman–Crippen MR) is 159 cm³/mol. The molecule has 0 amide bonds. The van der Waals surface area contributed by atoms with Gasteiger partial charge < -0.3 is 19.5 Å². The number of fused-ring (bicyclic) bond motifs is 1. The number of ether oxygens (including phenoxy) is 3. The summed E-state index contributed by atoms with van der Waals surface area (Å²) in [6, 6.07) is 23.5. The third-order valence-corrected chi connectivity index (χ3v) is 8.49. The van der Waals surface area contributed by atoms with Crippen molar-refractivity contribution >= 4 is 5.69 Å². The predicted octanol–water partition coefficient (Wildman–Crippen LogP) is 8.70. The molecule has 208 valence electrons. The number of aryl methyl sites for hydroxylation is 2. The minimum Gasteiger partial charge on any atom is -0.485 e. The van der Waals surface area contributed by atoms with Crippen molar-refractivity contribution in [2.75, 3.05) is 11.9 Å². The Kier molecular flexibility index (Phi) is 8.94. The average molecular weight is 528 g/mol. The third kappa shape index (κ3) is 7.04. The second-order valence-corrected chi connectivity index (χ2v) is 12.0. The minimum atomic E-state index is -0.526. The Balaban J connectivity index is 1.37. The lowest BCUT2D eigenvalue weighted by Gasteiger charge is -2.44. The van der Waals surface area contributed by atoms with E-state index < -0.39 is 5.60 Å². The van der Waals surface area contributed by atoms with Crippen LogP contribution in [0.1, 0.15) is 86.3 Å². The molecule has 1 N–H and O–H groups in total. The molecule has 1 aliphatic carbocycles. The fourth-order valence-electron chi connectivity index (χ4n) is 6.01. The van der Waals surface area contributed by atoms with E-state index in [1.165, 1.54) is 54.4 Å². The molecule has 0 aromatic heterocycles. The van der Waals surface area contributed by atoms with Crippen LogP contribution < -0.4 is 10.1 Å². The number of hydrogen-bond acceptors (Lipinski definition) is 4. The highest BCUT2D eigenvalue weighted by atomic mass is 16.6. The molecule has 4 heteroatoms. The molecule has 1 heterocycles. The van der Waals surface area contributed by atoms with E-state index in [-0.39, 0.29) is 12.2 Å². The van der Waals surface area contributed by atoms with E-state index in [4.69, 9.17) is 14.2 Å². The zero-order valence-electron chi connectivity index (χ0n) is 24.2. The Morgan fingerprint density at radius 2 is 1.67 bits per heavy atom. The molecule has 1 aliphatic heterocycles. The van der Waals surface area contributed by atoms with Gasteiger partial charge in [0.2, 0.25) is 0 Å². The van der Waals surface area contributed by atoms with E-state index in [1.54, 1.807) is 0 Å². The van der Waals surface area contributed by atoms with E-state index in [2.05, 4.69) is 99.7 Å². The summed E-state index contributed by atoms with van der Waals surface area (Å²) < 4.78 is 20.0. The molecule has 2 atom stereocenters. The summed E-state index contributed by atoms with van der Waals surface area (Å²) in [6.07, 6.45) is 7.45. The van der Waals surface area contributed by atoms with Crippen molar-refractivity contribution in [3.05, 3.63) is 94.5 Å². The van der Waals surface area contributed by atoms with E-state index in [0.29, 0.717) is 6.61 Å². The van der Waals surface area contributed by atoms with Gasteiger partial charge in [0.1, 0.15) is 23.6 Å². The number of anilines is 1. The molecule has 0 radical (unpaired) electrons. The van der Waals surface area contributed by atoms with Gasteiger partial charge in [-0.2, -0.15) is 0 Å². The van der Waals surface area contributed by atoms with Crippen molar-refractivity contribution in [2.45, 2.75) is 97.2 Å². The van der Waals surface area contributed by atoms with E-state index >= 15 is 0 Å². The van der Waals surface area contributed by atoms with Crippen LogP contribution in [0.15, 0.2) is 66.7 Å². The number of benzene rings is 3. The minimum absolute atomic E-state index is 0.197. The number of nitrogens with one attached hydrogen (secondary N) is 1. The molecule has 0 saturated heterocycles. The monoisotopic (exact) mass is 527 g/mol. The van der Waals surface area contributed by atoms with Crippen LogP contribution in [0.3, 0.4) is 0 Å². The van der Waals surface area contributed by atoms with Crippen molar-refractivity contribution in [1.29, 1.82) is 0 Å². The summed E-state index contributed by atoms with van der Waals surface area (Å²) in [5.74, 6) is 1.67. The van der Waals surface area contributed by atoms with Crippen LogP contribution in [0, 0.1) is 19.8 Å². The largest absolute Gasteiger partial charge is 0.485 e. The second-order valence-electron chi connectivity index (χ2n) is 12.0. The van der Waals surface area contributed by atoms with Crippen LogP contribution in [0.5, 0.6) is 5.75 Å². The van der Waals surface area contributed by atoms with Gasteiger partial charge in [-0.15, -0.1) is 0 Å². The Hall–Kier alpha value is -2.82. The maximum Gasteiger partial charge on any atom is 0.132 e. The topological polar surface area (TPSA) is 39.7 Å². The lowest BCUT2D eigenvalue weighted by atomic mass is 9.86. The molecular formula is C35H45NO3. The van der Waals surface area contributed by atoms with Gasteiger partial charge >= 0.3 is 0 Å². The Morgan fingerprint density at radius 3 is 2.44 bits per heavy atom. The zero-order chi connectivity index (χ0) is 27.2. The van der Waals surface area contributed by atoms with Crippen LogP contribution in [0.4, 0.5) is 5.69 Å². The highest BCUT2D eigenvalue weighted by Crippen LogP contribution is 2.45. The van der Waals surface area contributed by atoms with Crippen LogP contribution in [-0.4, -0.2) is 18.3 Å². The second kappa shape index (κ2) is 12.6. The van der Waals surface area contributed by atoms with Crippen molar-refractivity contribution in [3.8, 4) is 5.75 Å². The van der Waals surface area contributed by atoms with Gasteiger partial charge in [0.15, 0.2) is 0 Å². The summed E-state index contributed by atoms with van der Waals surface area (Å²) in [4.78, 5) is 0. The quantitative estimate of drug-likeness (QED) is 0.286. The van der Waals surface area contributed by atoms with Gasteiger partial charge in [0.25, 0.3) is 0 Å². The van der Waals surface area contributed by atoms with Gasteiger partial charge in [0.05, 0.1) is 6.61 Å². The van der Waals surface area contributed by atoms with Crippen LogP contribution in [0.25, 0.3) is 0 Å². The van der Waals surface area contributed by atoms with E-state index in [9.17, 15) is 0 Å². The van der Waals surface area contributed by atoms with Crippen molar-refractivity contribution in [2.24, 2.45) is 5.92 Å². The fraction of sp³-hybridized carbons (Fsp3) is 0.486. The van der Waals surface area contributed by atoms with Gasteiger partial charge in [-0.05, 0) is 74.9 Å². The maximum atomic E-state index is 6.78. The van der Waals surface area contributed by atoms with E-state index in [1.807, 2.05) is 0 Å². The highest BCUT2D eigenvalue weighted by Gasteiger charge is 2.45. The lowest BCUT2D eigenvalue weighted by Crippen LogP contribution is -2.51.